The van der Waals surface area contributed by atoms with Crippen LogP contribution in [0.4, 0.5) is 10.6 Å². The Bertz CT molecular complexity index is 845. The van der Waals surface area contributed by atoms with Crippen LogP contribution in [0.15, 0.2) is 17.7 Å². The molecule has 2 rings (SSSR count). The van der Waals surface area contributed by atoms with Gasteiger partial charge in [-0.3, -0.25) is 0 Å². The van der Waals surface area contributed by atoms with Gasteiger partial charge in [0.15, 0.2) is 0 Å². The maximum absolute atomic E-state index is 12.1. The number of carboxylic acid groups (broad SMARTS) is 1. The largest absolute Gasteiger partial charge is 0.492 e. The quantitative estimate of drug-likeness (QED) is 0.621. The van der Waals surface area contributed by atoms with E-state index in [2.05, 4.69) is 10.3 Å². The molecule has 0 saturated carbocycles. The standard InChI is InChI=1S/C20H30BN3O6/c1-18(2,3)28-17(27)24-11-14(21-29-19(4,5)20(6,7)30-21)9-12-8-13(16(25)26)10-23-15(12)22/h8-10H,11H2,1-7H3,(H2,22,23)(H,24,27)(H,25,26). The van der Waals surface area contributed by atoms with Gasteiger partial charge in [-0.25, -0.2) is 14.6 Å². The molecular formula is C20H30BN3O6. The van der Waals surface area contributed by atoms with Gasteiger partial charge in [-0.05, 0) is 60.0 Å². The van der Waals surface area contributed by atoms with Crippen LogP contribution in [0.5, 0.6) is 0 Å². The third kappa shape index (κ3) is 5.73. The van der Waals surface area contributed by atoms with Gasteiger partial charge in [0.25, 0.3) is 0 Å². The van der Waals surface area contributed by atoms with Crippen LogP contribution < -0.4 is 11.1 Å². The summed E-state index contributed by atoms with van der Waals surface area (Å²) < 4.78 is 17.5. The van der Waals surface area contributed by atoms with Crippen molar-refractivity contribution in [3.8, 4) is 0 Å². The predicted octanol–water partition coefficient (Wildman–Crippen LogP) is 2.90. The first kappa shape index (κ1) is 23.7. The highest BCUT2D eigenvalue weighted by atomic mass is 16.7. The third-order valence-electron chi connectivity index (χ3n) is 4.93. The molecule has 1 saturated heterocycles. The van der Waals surface area contributed by atoms with Crippen LogP contribution in [-0.2, 0) is 14.0 Å². The van der Waals surface area contributed by atoms with Crippen LogP contribution in [0.2, 0.25) is 0 Å². The fraction of sp³-hybridized carbons (Fsp3) is 0.550. The van der Waals surface area contributed by atoms with Crippen molar-refractivity contribution in [1.29, 1.82) is 0 Å². The molecule has 1 aliphatic heterocycles. The molecule has 1 aromatic heterocycles. The van der Waals surface area contributed by atoms with Gasteiger partial charge in [-0.15, -0.1) is 0 Å². The summed E-state index contributed by atoms with van der Waals surface area (Å²) in [5, 5.41) is 11.9. The number of amides is 1. The molecule has 164 valence electrons. The SMILES string of the molecule is CC(C)(C)OC(=O)NCC(=Cc1cc(C(=O)O)cnc1N)B1OC(C)(C)C(C)(C)O1. The number of rotatable bonds is 5. The zero-order valence-corrected chi connectivity index (χ0v) is 18.5. The van der Waals surface area contributed by atoms with Crippen molar-refractivity contribution >= 4 is 31.1 Å². The maximum atomic E-state index is 12.1. The van der Waals surface area contributed by atoms with Crippen molar-refractivity contribution in [1.82, 2.24) is 10.3 Å². The molecule has 0 spiro atoms. The molecule has 30 heavy (non-hydrogen) atoms. The number of nitrogen functional groups attached to an aromatic ring is 1. The number of carbonyl (C=O) groups excluding carboxylic acids is 1. The van der Waals surface area contributed by atoms with Gasteiger partial charge >= 0.3 is 19.2 Å². The van der Waals surface area contributed by atoms with E-state index in [0.717, 1.165) is 0 Å². The summed E-state index contributed by atoms with van der Waals surface area (Å²) in [6.45, 7) is 13.0. The molecule has 0 bridgehead atoms. The minimum Gasteiger partial charge on any atom is -0.478 e. The molecule has 2 heterocycles. The molecule has 10 heteroatoms. The number of carboxylic acids is 1. The molecule has 0 aromatic carbocycles. The van der Waals surface area contributed by atoms with Crippen molar-refractivity contribution in [3.05, 3.63) is 28.9 Å². The van der Waals surface area contributed by atoms with Crippen molar-refractivity contribution in [2.24, 2.45) is 0 Å². The molecule has 9 nitrogen and oxygen atoms in total. The van der Waals surface area contributed by atoms with Gasteiger partial charge in [0, 0.05) is 18.3 Å². The number of nitrogens with one attached hydrogen (secondary N) is 1. The Kier molecular flexibility index (Phi) is 6.53. The molecule has 0 radical (unpaired) electrons. The normalized spacial score (nSPS) is 18.2. The highest BCUT2D eigenvalue weighted by molar-refractivity contribution is 6.56. The first-order valence-corrected chi connectivity index (χ1v) is 9.63. The van der Waals surface area contributed by atoms with E-state index in [1.807, 2.05) is 27.7 Å². The fourth-order valence-corrected chi connectivity index (χ4v) is 2.61. The zero-order valence-electron chi connectivity index (χ0n) is 18.5. The van der Waals surface area contributed by atoms with E-state index >= 15 is 0 Å². The monoisotopic (exact) mass is 419 g/mol. The van der Waals surface area contributed by atoms with Gasteiger partial charge in [0.05, 0.1) is 16.8 Å². The lowest BCUT2D eigenvalue weighted by Crippen LogP contribution is -2.41. The molecule has 4 N–H and O–H groups in total. The van der Waals surface area contributed by atoms with E-state index in [4.69, 9.17) is 19.8 Å². The molecule has 0 aliphatic carbocycles. The average molecular weight is 419 g/mol. The van der Waals surface area contributed by atoms with Crippen LogP contribution in [-0.4, -0.2) is 52.6 Å². The maximum Gasteiger partial charge on any atom is 0.492 e. The summed E-state index contributed by atoms with van der Waals surface area (Å²) in [7, 11) is -0.780. The second-order valence-corrected chi connectivity index (χ2v) is 9.17. The second-order valence-electron chi connectivity index (χ2n) is 9.17. The van der Waals surface area contributed by atoms with Crippen LogP contribution in [0.1, 0.15) is 64.4 Å². The molecule has 1 aliphatic rings. The third-order valence-corrected chi connectivity index (χ3v) is 4.93. The summed E-state index contributed by atoms with van der Waals surface area (Å²) in [5.41, 5.74) is 4.99. The van der Waals surface area contributed by atoms with Crippen LogP contribution in [0.25, 0.3) is 6.08 Å². The van der Waals surface area contributed by atoms with Crippen molar-refractivity contribution < 1.29 is 28.7 Å². The molecule has 0 atom stereocenters. The number of hydrogen-bond acceptors (Lipinski definition) is 7. The van der Waals surface area contributed by atoms with E-state index in [0.29, 0.717) is 11.0 Å². The number of aromatic carboxylic acids is 1. The van der Waals surface area contributed by atoms with E-state index < -0.39 is 36.0 Å². The molecule has 1 fully saturated rings. The van der Waals surface area contributed by atoms with Crippen molar-refractivity contribution in [2.75, 3.05) is 12.3 Å². The van der Waals surface area contributed by atoms with Gasteiger partial charge in [0.1, 0.15) is 11.4 Å². The van der Waals surface area contributed by atoms with Gasteiger partial charge in [-0.2, -0.15) is 0 Å². The lowest BCUT2D eigenvalue weighted by molar-refractivity contribution is 0.00578. The van der Waals surface area contributed by atoms with Crippen LogP contribution >= 0.6 is 0 Å². The highest BCUT2D eigenvalue weighted by Crippen LogP contribution is 2.39. The van der Waals surface area contributed by atoms with E-state index in [1.54, 1.807) is 26.8 Å². The van der Waals surface area contributed by atoms with Crippen molar-refractivity contribution in [2.45, 2.75) is 65.3 Å². The van der Waals surface area contributed by atoms with Gasteiger partial charge in [-0.1, -0.05) is 6.08 Å². The van der Waals surface area contributed by atoms with Gasteiger partial charge < -0.3 is 30.2 Å². The fourth-order valence-electron chi connectivity index (χ4n) is 2.61. The number of hydrogen-bond donors (Lipinski definition) is 3. The smallest absolute Gasteiger partial charge is 0.478 e. The summed E-state index contributed by atoms with van der Waals surface area (Å²) in [6.07, 6.45) is 2.20. The summed E-state index contributed by atoms with van der Waals surface area (Å²) >= 11 is 0. The topological polar surface area (TPSA) is 133 Å². The number of alkyl carbamates (subject to hydrolysis) is 1. The van der Waals surface area contributed by atoms with E-state index in [-0.39, 0.29) is 17.9 Å². The average Bonchev–Trinajstić information content (AvgIpc) is 2.78. The Morgan fingerprint density at radius 3 is 2.33 bits per heavy atom. The van der Waals surface area contributed by atoms with Crippen LogP contribution in [0, 0.1) is 0 Å². The Morgan fingerprint density at radius 1 is 1.27 bits per heavy atom. The van der Waals surface area contributed by atoms with Gasteiger partial charge in [0.2, 0.25) is 0 Å². The molecular weight excluding hydrogens is 389 g/mol. The minimum atomic E-state index is -1.12. The Hall–Kier alpha value is -2.59. The Balaban J connectivity index is 2.37. The number of ether oxygens (including phenoxy) is 1. The first-order valence-electron chi connectivity index (χ1n) is 9.63. The van der Waals surface area contributed by atoms with Crippen molar-refractivity contribution in [3.63, 3.8) is 0 Å². The number of carbonyl (C=O) groups is 2. The lowest BCUT2D eigenvalue weighted by Gasteiger charge is -2.32. The molecule has 1 aromatic rings. The number of nitrogens with zero attached hydrogens (tertiary/aromatic N) is 1. The second kappa shape index (κ2) is 8.27. The summed E-state index contributed by atoms with van der Waals surface area (Å²) in [4.78, 5) is 27.4. The number of nitrogens with two attached hydrogens (primary N) is 1. The molecule has 0 unspecified atom stereocenters. The first-order chi connectivity index (χ1) is 13.6. The highest BCUT2D eigenvalue weighted by Gasteiger charge is 2.52. The van der Waals surface area contributed by atoms with Crippen LogP contribution in [0.3, 0.4) is 0 Å². The Labute approximate surface area is 177 Å². The van der Waals surface area contributed by atoms with E-state index in [9.17, 15) is 14.7 Å². The number of anilines is 1. The number of pyridine rings is 1. The summed E-state index contributed by atoms with van der Waals surface area (Å²) in [5.74, 6) is -0.979. The Morgan fingerprint density at radius 2 is 1.83 bits per heavy atom. The predicted molar refractivity (Wildman–Crippen MR) is 114 cm³/mol. The lowest BCUT2D eigenvalue weighted by atomic mass is 9.77. The van der Waals surface area contributed by atoms with E-state index in [1.165, 1.54) is 12.3 Å². The molecule has 1 amide bonds. The summed E-state index contributed by atoms with van der Waals surface area (Å²) in [6, 6.07) is 1.41. The zero-order chi connectivity index (χ0) is 22.9. The minimum absolute atomic E-state index is 0.0104. The number of aromatic nitrogens is 1.